The molecule has 0 aliphatic rings. The van der Waals surface area contributed by atoms with Gasteiger partial charge in [0, 0.05) is 23.4 Å². The standard InChI is InChI=1S/C18H17Cl2N3O4/c1-27-13-3-5-16(24)11(8-13)10-21-23-18(26)7-6-17(25)22-15-9-12(19)2-4-14(15)20/h2-5,8-10,24H,6-7H2,1H3,(H,22,25)(H,23,26)/b21-10+. The number of halogens is 2. The minimum absolute atomic E-state index is 0.00780. The molecule has 0 fully saturated rings. The minimum Gasteiger partial charge on any atom is -0.507 e. The third kappa shape index (κ3) is 6.47. The number of rotatable bonds is 7. The SMILES string of the molecule is COc1ccc(O)c(/C=N/NC(=O)CCC(=O)Nc2cc(Cl)ccc2Cl)c1. The van der Waals surface area contributed by atoms with E-state index in [-0.39, 0.29) is 24.5 Å². The number of hydrazone groups is 1. The number of nitrogens with one attached hydrogen (secondary N) is 2. The van der Waals surface area contributed by atoms with Crippen molar-refractivity contribution in [2.24, 2.45) is 5.10 Å². The Morgan fingerprint density at radius 2 is 1.89 bits per heavy atom. The first-order chi connectivity index (χ1) is 12.9. The van der Waals surface area contributed by atoms with Crippen LogP contribution in [0, 0.1) is 0 Å². The number of phenols is 1. The van der Waals surface area contributed by atoms with Gasteiger partial charge in [0.05, 0.1) is 24.0 Å². The molecule has 0 unspecified atom stereocenters. The smallest absolute Gasteiger partial charge is 0.240 e. The van der Waals surface area contributed by atoms with Crippen molar-refractivity contribution in [1.82, 2.24) is 5.43 Å². The molecule has 9 heteroatoms. The van der Waals surface area contributed by atoms with Crippen molar-refractivity contribution in [3.05, 3.63) is 52.0 Å². The van der Waals surface area contributed by atoms with Crippen LogP contribution in [0.25, 0.3) is 0 Å². The molecule has 0 aliphatic carbocycles. The van der Waals surface area contributed by atoms with Crippen molar-refractivity contribution in [3.8, 4) is 11.5 Å². The van der Waals surface area contributed by atoms with E-state index in [0.29, 0.717) is 27.0 Å². The van der Waals surface area contributed by atoms with Crippen LogP contribution < -0.4 is 15.5 Å². The quantitative estimate of drug-likeness (QED) is 0.480. The molecule has 2 rings (SSSR count). The number of aromatic hydroxyl groups is 1. The number of anilines is 1. The number of carbonyl (C=O) groups is 2. The Kier molecular flexibility index (Phi) is 7.45. The van der Waals surface area contributed by atoms with Crippen LogP contribution >= 0.6 is 23.2 Å². The van der Waals surface area contributed by atoms with Gasteiger partial charge in [0.1, 0.15) is 11.5 Å². The Morgan fingerprint density at radius 3 is 2.63 bits per heavy atom. The first-order valence-electron chi connectivity index (χ1n) is 7.83. The first-order valence-corrected chi connectivity index (χ1v) is 8.58. The van der Waals surface area contributed by atoms with Gasteiger partial charge >= 0.3 is 0 Å². The van der Waals surface area contributed by atoms with Crippen molar-refractivity contribution < 1.29 is 19.4 Å². The third-order valence-electron chi connectivity index (χ3n) is 3.41. The Labute approximate surface area is 165 Å². The highest BCUT2D eigenvalue weighted by molar-refractivity contribution is 6.35. The van der Waals surface area contributed by atoms with Gasteiger partial charge in [-0.05, 0) is 36.4 Å². The fourth-order valence-corrected chi connectivity index (χ4v) is 2.36. The molecule has 0 radical (unpaired) electrons. The Morgan fingerprint density at radius 1 is 1.15 bits per heavy atom. The second-order valence-corrected chi connectivity index (χ2v) is 6.23. The zero-order valence-electron chi connectivity index (χ0n) is 14.3. The average Bonchev–Trinajstić information content (AvgIpc) is 2.64. The van der Waals surface area contributed by atoms with Gasteiger partial charge in [-0.25, -0.2) is 5.43 Å². The first kappa shape index (κ1) is 20.5. The summed E-state index contributed by atoms with van der Waals surface area (Å²) in [4.78, 5) is 23.7. The molecule has 0 heterocycles. The van der Waals surface area contributed by atoms with E-state index in [2.05, 4.69) is 15.8 Å². The van der Waals surface area contributed by atoms with Gasteiger partial charge in [-0.3, -0.25) is 9.59 Å². The van der Waals surface area contributed by atoms with Gasteiger partial charge in [0.15, 0.2) is 0 Å². The fraction of sp³-hybridized carbons (Fsp3) is 0.167. The van der Waals surface area contributed by atoms with E-state index in [1.54, 1.807) is 24.3 Å². The van der Waals surface area contributed by atoms with Crippen LogP contribution in [0.4, 0.5) is 5.69 Å². The second kappa shape index (κ2) is 9.80. The molecule has 27 heavy (non-hydrogen) atoms. The lowest BCUT2D eigenvalue weighted by Gasteiger charge is -2.07. The van der Waals surface area contributed by atoms with Crippen molar-refractivity contribution >= 4 is 46.9 Å². The highest BCUT2D eigenvalue weighted by Crippen LogP contribution is 2.25. The molecule has 0 bridgehead atoms. The van der Waals surface area contributed by atoms with Gasteiger partial charge in [-0.2, -0.15) is 5.10 Å². The number of carbonyl (C=O) groups excluding carboxylic acids is 2. The van der Waals surface area contributed by atoms with Crippen molar-refractivity contribution in [1.29, 1.82) is 0 Å². The summed E-state index contributed by atoms with van der Waals surface area (Å²) in [7, 11) is 1.50. The topological polar surface area (TPSA) is 100 Å². The summed E-state index contributed by atoms with van der Waals surface area (Å²) in [5.41, 5.74) is 3.04. The number of methoxy groups -OCH3 is 1. The van der Waals surface area contributed by atoms with Crippen LogP contribution in [-0.2, 0) is 9.59 Å². The molecule has 0 aromatic heterocycles. The summed E-state index contributed by atoms with van der Waals surface area (Å²) in [6.45, 7) is 0. The third-order valence-corrected chi connectivity index (χ3v) is 3.97. The molecule has 0 aliphatic heterocycles. The maximum Gasteiger partial charge on any atom is 0.240 e. The predicted molar refractivity (Wildman–Crippen MR) is 105 cm³/mol. The number of hydrogen-bond acceptors (Lipinski definition) is 5. The Hall–Kier alpha value is -2.77. The lowest BCUT2D eigenvalue weighted by atomic mass is 10.2. The van der Waals surface area contributed by atoms with E-state index in [4.69, 9.17) is 27.9 Å². The molecule has 0 atom stereocenters. The van der Waals surface area contributed by atoms with Gasteiger partial charge in [-0.15, -0.1) is 0 Å². The highest BCUT2D eigenvalue weighted by Gasteiger charge is 2.09. The molecule has 0 saturated carbocycles. The van der Waals surface area contributed by atoms with Crippen LogP contribution in [0.15, 0.2) is 41.5 Å². The minimum atomic E-state index is -0.457. The van der Waals surface area contributed by atoms with Crippen LogP contribution in [0.3, 0.4) is 0 Å². The lowest BCUT2D eigenvalue weighted by Crippen LogP contribution is -2.20. The maximum atomic E-state index is 11.9. The monoisotopic (exact) mass is 409 g/mol. The van der Waals surface area contributed by atoms with Crippen LogP contribution in [0.2, 0.25) is 10.0 Å². The molecule has 2 aromatic carbocycles. The lowest BCUT2D eigenvalue weighted by molar-refractivity contribution is -0.124. The number of benzene rings is 2. The van der Waals surface area contributed by atoms with Gasteiger partial charge in [0.2, 0.25) is 11.8 Å². The largest absolute Gasteiger partial charge is 0.507 e. The predicted octanol–water partition coefficient (Wildman–Crippen LogP) is 3.58. The summed E-state index contributed by atoms with van der Waals surface area (Å²) in [5, 5.41) is 16.8. The van der Waals surface area contributed by atoms with E-state index < -0.39 is 5.91 Å². The Balaban J connectivity index is 1.82. The van der Waals surface area contributed by atoms with Crippen LogP contribution in [0.1, 0.15) is 18.4 Å². The summed E-state index contributed by atoms with van der Waals surface area (Å²) in [6, 6.07) is 9.29. The summed E-state index contributed by atoms with van der Waals surface area (Å²) >= 11 is 11.8. The fourth-order valence-electron chi connectivity index (χ4n) is 2.03. The van der Waals surface area contributed by atoms with Gasteiger partial charge in [0.25, 0.3) is 0 Å². The highest BCUT2D eigenvalue weighted by atomic mass is 35.5. The normalized spacial score (nSPS) is 10.6. The van der Waals surface area contributed by atoms with E-state index in [1.807, 2.05) is 0 Å². The van der Waals surface area contributed by atoms with E-state index in [0.717, 1.165) is 0 Å². The molecule has 2 amide bonds. The van der Waals surface area contributed by atoms with Gasteiger partial charge in [-0.1, -0.05) is 23.2 Å². The van der Waals surface area contributed by atoms with E-state index >= 15 is 0 Å². The van der Waals surface area contributed by atoms with E-state index in [9.17, 15) is 14.7 Å². The number of ether oxygens (including phenoxy) is 1. The molecular weight excluding hydrogens is 393 g/mol. The molecular formula is C18H17Cl2N3O4. The Bertz CT molecular complexity index is 872. The molecule has 142 valence electrons. The van der Waals surface area contributed by atoms with E-state index in [1.165, 1.54) is 25.5 Å². The number of nitrogens with zero attached hydrogens (tertiary/aromatic N) is 1. The summed E-state index contributed by atoms with van der Waals surface area (Å²) < 4.78 is 5.04. The van der Waals surface area contributed by atoms with Crippen molar-refractivity contribution in [2.75, 3.05) is 12.4 Å². The molecule has 3 N–H and O–H groups in total. The second-order valence-electron chi connectivity index (χ2n) is 5.39. The van der Waals surface area contributed by atoms with Gasteiger partial charge < -0.3 is 15.2 Å². The zero-order chi connectivity index (χ0) is 19.8. The average molecular weight is 410 g/mol. The maximum absolute atomic E-state index is 11.9. The molecule has 7 nitrogen and oxygen atoms in total. The number of amides is 2. The summed E-state index contributed by atoms with van der Waals surface area (Å²) in [5.74, 6) is -0.312. The zero-order valence-corrected chi connectivity index (χ0v) is 15.8. The van der Waals surface area contributed by atoms with Crippen molar-refractivity contribution in [2.45, 2.75) is 12.8 Å². The molecule has 0 spiro atoms. The van der Waals surface area contributed by atoms with Crippen LogP contribution in [-0.4, -0.2) is 30.2 Å². The number of hydrogen-bond donors (Lipinski definition) is 3. The molecule has 2 aromatic rings. The number of phenolic OH excluding ortho intramolecular Hbond substituents is 1. The molecule has 0 saturated heterocycles. The van der Waals surface area contributed by atoms with Crippen molar-refractivity contribution in [3.63, 3.8) is 0 Å². The summed E-state index contributed by atoms with van der Waals surface area (Å²) in [6.07, 6.45) is 1.14. The van der Waals surface area contributed by atoms with Crippen LogP contribution in [0.5, 0.6) is 11.5 Å².